The Hall–Kier alpha value is -3.55. The molecule has 0 radical (unpaired) electrons. The summed E-state index contributed by atoms with van der Waals surface area (Å²) < 4.78 is 0. The minimum absolute atomic E-state index is 0.186. The molecule has 3 aliphatic heterocycles. The number of hydrogen-bond donors (Lipinski definition) is 1. The standard InChI is InChI=1S/C27H28N6O/c1-31(21-12-14-32(15-13-21)17-19-6-3-2-4-7-19)16-20-10-11-24-28-23-9-5-8-22-25(23)26(33(24)18-20)29-30-27(22)34/h2-11,18,21H,12-17H2,1H3,(H,30,34). The Morgan fingerprint density at radius 2 is 1.88 bits per heavy atom. The van der Waals surface area contributed by atoms with Crippen LogP contribution in [0.3, 0.4) is 0 Å². The van der Waals surface area contributed by atoms with E-state index in [0.29, 0.717) is 11.4 Å². The molecule has 172 valence electrons. The summed E-state index contributed by atoms with van der Waals surface area (Å²) in [5.41, 5.74) is 3.19. The van der Waals surface area contributed by atoms with Crippen molar-refractivity contribution < 1.29 is 0 Å². The smallest absolute Gasteiger partial charge is 0.272 e. The van der Waals surface area contributed by atoms with Crippen LogP contribution in [0.1, 0.15) is 18.4 Å². The van der Waals surface area contributed by atoms with Crippen LogP contribution >= 0.6 is 0 Å². The maximum atomic E-state index is 12.3. The number of piperidine rings is 1. The third-order valence-corrected chi connectivity index (χ3v) is 7.09. The number of amidine groups is 1. The molecule has 6 rings (SSSR count). The van der Waals surface area contributed by atoms with E-state index in [1.54, 1.807) is 0 Å². The van der Waals surface area contributed by atoms with Crippen molar-refractivity contribution in [3.63, 3.8) is 0 Å². The Bertz CT molecular complexity index is 1360. The number of rotatable bonds is 5. The molecule has 1 N–H and O–H groups in total. The van der Waals surface area contributed by atoms with E-state index in [-0.39, 0.29) is 5.56 Å². The molecule has 1 aromatic heterocycles. The highest BCUT2D eigenvalue weighted by Crippen LogP contribution is 2.37. The van der Waals surface area contributed by atoms with Gasteiger partial charge in [-0.05, 0) is 62.3 Å². The quantitative estimate of drug-likeness (QED) is 0.637. The molecule has 1 saturated heterocycles. The van der Waals surface area contributed by atoms with Gasteiger partial charge in [-0.25, -0.2) is 10.1 Å². The Labute approximate surface area is 198 Å². The van der Waals surface area contributed by atoms with Gasteiger partial charge in [0, 0.05) is 25.3 Å². The topological polar surface area (TPSA) is 67.8 Å². The monoisotopic (exact) mass is 452 g/mol. The van der Waals surface area contributed by atoms with Gasteiger partial charge in [0.25, 0.3) is 5.56 Å². The van der Waals surface area contributed by atoms with Crippen molar-refractivity contribution in [2.45, 2.75) is 25.4 Å². The van der Waals surface area contributed by atoms with Crippen molar-refractivity contribution in [3.05, 3.63) is 88.4 Å². The first-order valence-corrected chi connectivity index (χ1v) is 11.9. The highest BCUT2D eigenvalue weighted by atomic mass is 16.1. The molecule has 3 aliphatic rings. The lowest BCUT2D eigenvalue weighted by Gasteiger charge is -2.37. The average molecular weight is 453 g/mol. The van der Waals surface area contributed by atoms with Crippen LogP contribution in [-0.4, -0.2) is 58.6 Å². The lowest BCUT2D eigenvalue weighted by Crippen LogP contribution is -2.43. The second kappa shape index (κ2) is 8.66. The Balaban J connectivity index is 1.15. The summed E-state index contributed by atoms with van der Waals surface area (Å²) in [7, 11) is 2.22. The fourth-order valence-corrected chi connectivity index (χ4v) is 5.24. The van der Waals surface area contributed by atoms with E-state index in [1.807, 2.05) is 29.2 Å². The predicted molar refractivity (Wildman–Crippen MR) is 137 cm³/mol. The normalized spacial score (nSPS) is 18.2. The van der Waals surface area contributed by atoms with E-state index in [4.69, 9.17) is 4.99 Å². The lowest BCUT2D eigenvalue weighted by molar-refractivity contribution is 0.130. The average Bonchev–Trinajstić information content (AvgIpc) is 2.87. The molecule has 4 heterocycles. The van der Waals surface area contributed by atoms with Gasteiger partial charge >= 0.3 is 0 Å². The number of likely N-dealkylation sites (N-methyl/N-ethyl adjacent to an activating group) is 1. The van der Waals surface area contributed by atoms with Crippen LogP contribution in [0.25, 0.3) is 10.8 Å². The molecular formula is C27H28N6O. The number of anilines is 1. The summed E-state index contributed by atoms with van der Waals surface area (Å²) >= 11 is 0. The maximum absolute atomic E-state index is 12.3. The number of hydrogen-bond acceptors (Lipinski definition) is 6. The Kier molecular flexibility index (Phi) is 5.36. The summed E-state index contributed by atoms with van der Waals surface area (Å²) in [4.78, 5) is 24.1. The predicted octanol–water partition coefficient (Wildman–Crippen LogP) is 3.82. The van der Waals surface area contributed by atoms with Crippen molar-refractivity contribution in [2.75, 3.05) is 31.6 Å². The molecule has 1 fully saturated rings. The molecule has 0 saturated carbocycles. The van der Waals surface area contributed by atoms with Crippen molar-refractivity contribution in [2.24, 2.45) is 4.99 Å². The zero-order chi connectivity index (χ0) is 23.1. The first kappa shape index (κ1) is 21.0. The molecule has 7 nitrogen and oxygen atoms in total. The summed E-state index contributed by atoms with van der Waals surface area (Å²) in [6, 6.07) is 16.9. The minimum Gasteiger partial charge on any atom is -0.299 e. The van der Waals surface area contributed by atoms with Crippen LogP contribution in [0.4, 0.5) is 11.5 Å². The molecule has 34 heavy (non-hydrogen) atoms. The summed E-state index contributed by atoms with van der Waals surface area (Å²) in [5, 5.41) is 8.45. The molecule has 0 atom stereocenters. The van der Waals surface area contributed by atoms with E-state index in [0.717, 1.165) is 48.9 Å². The number of nitrogens with one attached hydrogen (secondary N) is 1. The number of H-pyrrole nitrogens is 1. The van der Waals surface area contributed by atoms with Crippen molar-refractivity contribution in [1.29, 1.82) is 0 Å². The van der Waals surface area contributed by atoms with E-state index < -0.39 is 0 Å². The second-order valence-electron chi connectivity index (χ2n) is 9.36. The third kappa shape index (κ3) is 3.87. The number of aromatic nitrogens is 2. The van der Waals surface area contributed by atoms with Gasteiger partial charge in [0.05, 0.1) is 16.5 Å². The number of aliphatic imine (C=N–C) groups is 1. The number of aromatic amines is 1. The summed E-state index contributed by atoms with van der Waals surface area (Å²) in [5.74, 6) is 1.55. The number of benzene rings is 2. The van der Waals surface area contributed by atoms with Gasteiger partial charge in [0.2, 0.25) is 0 Å². The van der Waals surface area contributed by atoms with E-state index in [2.05, 4.69) is 69.7 Å². The largest absolute Gasteiger partial charge is 0.299 e. The molecular weight excluding hydrogens is 424 g/mol. The fraction of sp³-hybridized carbons (Fsp3) is 0.296. The minimum atomic E-state index is -0.186. The zero-order valence-corrected chi connectivity index (χ0v) is 19.3. The molecule has 3 aromatic rings. The number of likely N-dealkylation sites (tertiary alicyclic amines) is 1. The first-order chi connectivity index (χ1) is 16.7. The van der Waals surface area contributed by atoms with Gasteiger partial charge in [-0.1, -0.05) is 42.5 Å². The van der Waals surface area contributed by atoms with Gasteiger partial charge in [-0.3, -0.25) is 19.5 Å². The molecule has 0 spiro atoms. The van der Waals surface area contributed by atoms with Crippen LogP contribution in [-0.2, 0) is 6.54 Å². The molecule has 0 bridgehead atoms. The van der Waals surface area contributed by atoms with Crippen molar-refractivity contribution in [3.8, 4) is 0 Å². The van der Waals surface area contributed by atoms with E-state index >= 15 is 0 Å². The van der Waals surface area contributed by atoms with Gasteiger partial charge in [0.15, 0.2) is 5.82 Å². The van der Waals surface area contributed by atoms with E-state index in [9.17, 15) is 4.79 Å². The molecule has 0 unspecified atom stereocenters. The summed E-state index contributed by atoms with van der Waals surface area (Å²) in [6.07, 6.45) is 8.64. The van der Waals surface area contributed by atoms with Crippen LogP contribution in [0.15, 0.2) is 82.2 Å². The highest BCUT2D eigenvalue weighted by molar-refractivity contribution is 6.18. The third-order valence-electron chi connectivity index (χ3n) is 7.09. The van der Waals surface area contributed by atoms with Gasteiger partial charge in [-0.2, -0.15) is 5.10 Å². The zero-order valence-electron chi connectivity index (χ0n) is 19.3. The summed E-state index contributed by atoms with van der Waals surface area (Å²) in [6.45, 7) is 4.14. The fourth-order valence-electron chi connectivity index (χ4n) is 5.24. The van der Waals surface area contributed by atoms with Crippen LogP contribution < -0.4 is 10.5 Å². The molecule has 0 amide bonds. The Morgan fingerprint density at radius 3 is 2.71 bits per heavy atom. The van der Waals surface area contributed by atoms with Gasteiger partial charge in [0.1, 0.15) is 5.84 Å². The first-order valence-electron chi connectivity index (χ1n) is 11.9. The van der Waals surface area contributed by atoms with Gasteiger partial charge < -0.3 is 0 Å². The van der Waals surface area contributed by atoms with Crippen LogP contribution in [0.5, 0.6) is 0 Å². The van der Waals surface area contributed by atoms with Crippen molar-refractivity contribution >= 4 is 28.1 Å². The molecule has 2 aromatic carbocycles. The number of fused-ring (bicyclic) bond motifs is 2. The SMILES string of the molecule is CN(CC1=CN2C(=Nc3cccc4c(=O)[nH]nc2c34)C=C1)C1CCN(Cc2ccccc2)CC1. The number of nitrogens with zero attached hydrogens (tertiary/aromatic N) is 5. The lowest BCUT2D eigenvalue weighted by atomic mass is 10.0. The van der Waals surface area contributed by atoms with E-state index in [1.165, 1.54) is 24.0 Å². The maximum Gasteiger partial charge on any atom is 0.272 e. The second-order valence-corrected chi connectivity index (χ2v) is 9.36. The van der Waals surface area contributed by atoms with Crippen molar-refractivity contribution in [1.82, 2.24) is 20.0 Å². The molecule has 7 heteroatoms. The molecule has 0 aliphatic carbocycles. The van der Waals surface area contributed by atoms with Gasteiger partial charge in [-0.15, -0.1) is 0 Å². The van der Waals surface area contributed by atoms with Crippen LogP contribution in [0.2, 0.25) is 0 Å². The highest BCUT2D eigenvalue weighted by Gasteiger charge is 2.27. The Morgan fingerprint density at radius 1 is 1.06 bits per heavy atom. The van der Waals surface area contributed by atoms with Crippen LogP contribution in [0, 0.1) is 0 Å².